The minimum atomic E-state index is -0.320. The van der Waals surface area contributed by atoms with E-state index in [1.165, 1.54) is 18.5 Å². The van der Waals surface area contributed by atoms with E-state index in [1.54, 1.807) is 18.3 Å². The molecule has 136 valence electrons. The van der Waals surface area contributed by atoms with Gasteiger partial charge in [-0.05, 0) is 31.4 Å². The zero-order valence-electron chi connectivity index (χ0n) is 14.3. The van der Waals surface area contributed by atoms with E-state index in [4.69, 9.17) is 4.52 Å². The van der Waals surface area contributed by atoms with Crippen molar-refractivity contribution in [1.29, 1.82) is 0 Å². The molecule has 9 heteroatoms. The number of anilines is 1. The number of nitrogens with one attached hydrogen (secondary N) is 2. The fraction of sp³-hybridized carbons (Fsp3) is 0.278. The van der Waals surface area contributed by atoms with Gasteiger partial charge in [-0.25, -0.2) is 14.4 Å². The van der Waals surface area contributed by atoms with Crippen LogP contribution in [-0.2, 0) is 0 Å². The van der Waals surface area contributed by atoms with Gasteiger partial charge in [-0.15, -0.1) is 0 Å². The average molecular weight is 365 g/mol. The van der Waals surface area contributed by atoms with E-state index >= 15 is 0 Å². The molecule has 5 rings (SSSR count). The van der Waals surface area contributed by atoms with E-state index in [0.717, 1.165) is 30.5 Å². The van der Waals surface area contributed by atoms with Crippen LogP contribution in [0.5, 0.6) is 0 Å². The Kier molecular flexibility index (Phi) is 3.77. The van der Waals surface area contributed by atoms with Gasteiger partial charge in [0.15, 0.2) is 5.65 Å². The fourth-order valence-electron chi connectivity index (χ4n) is 3.56. The molecule has 0 saturated heterocycles. The zero-order chi connectivity index (χ0) is 18.2. The maximum Gasteiger partial charge on any atom is 0.230 e. The SMILES string of the molecule is Fc1cccc(-c2noc([C@H]3CC[C@H](Nc4ncnc5[nH]ncc45)C3)n2)c1. The molecule has 3 aromatic heterocycles. The van der Waals surface area contributed by atoms with Crippen molar-refractivity contribution in [3.05, 3.63) is 48.5 Å². The molecule has 1 fully saturated rings. The summed E-state index contributed by atoms with van der Waals surface area (Å²) in [5.74, 6) is 1.62. The van der Waals surface area contributed by atoms with E-state index in [9.17, 15) is 4.39 Å². The molecule has 4 aromatic rings. The average Bonchev–Trinajstić information content (AvgIpc) is 3.42. The van der Waals surface area contributed by atoms with Gasteiger partial charge in [0.05, 0.1) is 11.6 Å². The van der Waals surface area contributed by atoms with Gasteiger partial charge >= 0.3 is 0 Å². The highest BCUT2D eigenvalue weighted by atomic mass is 19.1. The first-order valence-electron chi connectivity index (χ1n) is 8.76. The normalized spacial score (nSPS) is 19.6. The Morgan fingerprint density at radius 3 is 3.11 bits per heavy atom. The maximum absolute atomic E-state index is 13.4. The number of nitrogens with zero attached hydrogens (tertiary/aromatic N) is 5. The molecule has 3 heterocycles. The predicted molar refractivity (Wildman–Crippen MR) is 95.4 cm³/mol. The Bertz CT molecular complexity index is 1090. The standard InChI is InChI=1S/C18H16FN7O/c19-12-3-1-2-10(6-12)15-24-18(27-26-15)11-4-5-13(7-11)23-16-14-8-22-25-17(14)21-9-20-16/h1-3,6,8-9,11,13H,4-5,7H2,(H2,20,21,22,23,25)/t11-,13-/m0/s1. The summed E-state index contributed by atoms with van der Waals surface area (Å²) in [7, 11) is 0. The molecule has 2 atom stereocenters. The lowest BCUT2D eigenvalue weighted by atomic mass is 10.1. The fourth-order valence-corrected chi connectivity index (χ4v) is 3.56. The highest BCUT2D eigenvalue weighted by molar-refractivity contribution is 5.85. The van der Waals surface area contributed by atoms with E-state index in [-0.39, 0.29) is 17.8 Å². The van der Waals surface area contributed by atoms with Crippen molar-refractivity contribution in [3.8, 4) is 11.4 Å². The van der Waals surface area contributed by atoms with Crippen LogP contribution in [0.4, 0.5) is 10.2 Å². The van der Waals surface area contributed by atoms with Crippen LogP contribution in [0.1, 0.15) is 31.1 Å². The van der Waals surface area contributed by atoms with Crippen LogP contribution in [-0.4, -0.2) is 36.3 Å². The number of fused-ring (bicyclic) bond motifs is 1. The Labute approximate surface area is 153 Å². The van der Waals surface area contributed by atoms with Crippen molar-refractivity contribution >= 4 is 16.9 Å². The van der Waals surface area contributed by atoms with Crippen LogP contribution in [0.15, 0.2) is 41.3 Å². The second-order valence-corrected chi connectivity index (χ2v) is 6.67. The summed E-state index contributed by atoms with van der Waals surface area (Å²) in [6.45, 7) is 0. The highest BCUT2D eigenvalue weighted by Crippen LogP contribution is 2.36. The second kappa shape index (κ2) is 6.42. The molecule has 0 spiro atoms. The van der Waals surface area contributed by atoms with Crippen LogP contribution in [0, 0.1) is 5.82 Å². The largest absolute Gasteiger partial charge is 0.367 e. The lowest BCUT2D eigenvalue weighted by Crippen LogP contribution is -2.16. The minimum Gasteiger partial charge on any atom is -0.367 e. The number of benzene rings is 1. The molecule has 1 saturated carbocycles. The first kappa shape index (κ1) is 15.9. The number of aromatic amines is 1. The lowest BCUT2D eigenvalue weighted by Gasteiger charge is -2.13. The quantitative estimate of drug-likeness (QED) is 0.571. The van der Waals surface area contributed by atoms with E-state index in [2.05, 4.69) is 35.6 Å². The summed E-state index contributed by atoms with van der Waals surface area (Å²) in [6.07, 6.45) is 5.98. The third-order valence-corrected chi connectivity index (χ3v) is 4.90. The molecule has 1 aromatic carbocycles. The second-order valence-electron chi connectivity index (χ2n) is 6.67. The van der Waals surface area contributed by atoms with Gasteiger partial charge in [0.2, 0.25) is 11.7 Å². The van der Waals surface area contributed by atoms with Gasteiger partial charge in [0, 0.05) is 17.5 Å². The van der Waals surface area contributed by atoms with Crippen molar-refractivity contribution in [2.75, 3.05) is 5.32 Å². The predicted octanol–water partition coefficient (Wildman–Crippen LogP) is 3.29. The summed E-state index contributed by atoms with van der Waals surface area (Å²) in [6, 6.07) is 6.43. The monoisotopic (exact) mass is 365 g/mol. The topological polar surface area (TPSA) is 105 Å². The minimum absolute atomic E-state index is 0.166. The smallest absolute Gasteiger partial charge is 0.230 e. The summed E-state index contributed by atoms with van der Waals surface area (Å²) < 4.78 is 18.8. The van der Waals surface area contributed by atoms with Gasteiger partial charge in [0.1, 0.15) is 18.0 Å². The van der Waals surface area contributed by atoms with Gasteiger partial charge < -0.3 is 9.84 Å². The van der Waals surface area contributed by atoms with Crippen molar-refractivity contribution in [1.82, 2.24) is 30.3 Å². The molecular weight excluding hydrogens is 349 g/mol. The van der Waals surface area contributed by atoms with Gasteiger partial charge in [-0.3, -0.25) is 5.10 Å². The van der Waals surface area contributed by atoms with Gasteiger partial charge in [0.25, 0.3) is 0 Å². The summed E-state index contributed by atoms with van der Waals surface area (Å²) in [5.41, 5.74) is 1.32. The first-order chi connectivity index (χ1) is 13.3. The van der Waals surface area contributed by atoms with Crippen LogP contribution in [0.25, 0.3) is 22.4 Å². The van der Waals surface area contributed by atoms with Crippen molar-refractivity contribution in [2.24, 2.45) is 0 Å². The number of aromatic nitrogens is 6. The Hall–Kier alpha value is -3.36. The van der Waals surface area contributed by atoms with Crippen molar-refractivity contribution in [3.63, 3.8) is 0 Å². The highest BCUT2D eigenvalue weighted by Gasteiger charge is 2.30. The van der Waals surface area contributed by atoms with Gasteiger partial charge in [-0.1, -0.05) is 17.3 Å². The molecule has 1 aliphatic carbocycles. The van der Waals surface area contributed by atoms with E-state index in [1.807, 2.05) is 0 Å². The number of hydrogen-bond donors (Lipinski definition) is 2. The lowest BCUT2D eigenvalue weighted by molar-refractivity contribution is 0.354. The Morgan fingerprint density at radius 1 is 1.22 bits per heavy atom. The molecule has 0 unspecified atom stereocenters. The van der Waals surface area contributed by atoms with Crippen molar-refractivity contribution in [2.45, 2.75) is 31.2 Å². The zero-order valence-corrected chi connectivity index (χ0v) is 14.3. The molecule has 2 N–H and O–H groups in total. The Morgan fingerprint density at radius 2 is 2.19 bits per heavy atom. The summed E-state index contributed by atoms with van der Waals surface area (Å²) >= 11 is 0. The Balaban J connectivity index is 1.30. The molecular formula is C18H16FN7O. The molecule has 27 heavy (non-hydrogen) atoms. The van der Waals surface area contributed by atoms with Crippen molar-refractivity contribution < 1.29 is 8.91 Å². The van der Waals surface area contributed by atoms with Crippen LogP contribution >= 0.6 is 0 Å². The molecule has 0 amide bonds. The maximum atomic E-state index is 13.4. The summed E-state index contributed by atoms with van der Waals surface area (Å²) in [4.78, 5) is 12.9. The molecule has 0 radical (unpaired) electrons. The number of hydrogen-bond acceptors (Lipinski definition) is 7. The van der Waals surface area contributed by atoms with E-state index < -0.39 is 0 Å². The molecule has 0 aliphatic heterocycles. The molecule has 0 bridgehead atoms. The van der Waals surface area contributed by atoms with E-state index in [0.29, 0.717) is 22.9 Å². The third kappa shape index (κ3) is 3.01. The van der Waals surface area contributed by atoms with Crippen LogP contribution < -0.4 is 5.32 Å². The molecule has 8 nitrogen and oxygen atoms in total. The summed E-state index contributed by atoms with van der Waals surface area (Å²) in [5, 5.41) is 15.2. The van der Waals surface area contributed by atoms with Gasteiger partial charge in [-0.2, -0.15) is 10.1 Å². The number of rotatable bonds is 4. The number of H-pyrrole nitrogens is 1. The number of halogens is 1. The third-order valence-electron chi connectivity index (χ3n) is 4.90. The molecule has 1 aliphatic rings. The van der Waals surface area contributed by atoms with Crippen LogP contribution in [0.2, 0.25) is 0 Å². The first-order valence-corrected chi connectivity index (χ1v) is 8.76. The van der Waals surface area contributed by atoms with Crippen LogP contribution in [0.3, 0.4) is 0 Å².